The van der Waals surface area contributed by atoms with Gasteiger partial charge in [-0.05, 0) is 49.6 Å². The predicted molar refractivity (Wildman–Crippen MR) is 119 cm³/mol. The summed E-state index contributed by atoms with van der Waals surface area (Å²) in [6.07, 6.45) is 2.34. The van der Waals surface area contributed by atoms with Crippen LogP contribution in [-0.2, 0) is 12.8 Å². The molecule has 0 radical (unpaired) electrons. The van der Waals surface area contributed by atoms with E-state index in [1.165, 1.54) is 29.2 Å². The lowest BCUT2D eigenvalue weighted by molar-refractivity contribution is 0.0529. The lowest BCUT2D eigenvalue weighted by atomic mass is 10.1. The first-order valence-electron chi connectivity index (χ1n) is 10.8. The van der Waals surface area contributed by atoms with Crippen molar-refractivity contribution in [3.63, 3.8) is 0 Å². The van der Waals surface area contributed by atoms with Gasteiger partial charge in [0, 0.05) is 42.5 Å². The molecule has 0 bridgehead atoms. The van der Waals surface area contributed by atoms with E-state index < -0.39 is 17.5 Å². The normalized spacial score (nSPS) is 15.6. The molecule has 2 aromatic carbocycles. The van der Waals surface area contributed by atoms with E-state index in [-0.39, 0.29) is 29.6 Å². The van der Waals surface area contributed by atoms with Crippen LogP contribution in [0.15, 0.2) is 42.5 Å². The summed E-state index contributed by atoms with van der Waals surface area (Å²) in [6, 6.07) is 10.3. The van der Waals surface area contributed by atoms with Gasteiger partial charge in [-0.3, -0.25) is 9.59 Å². The third-order valence-electron chi connectivity index (χ3n) is 6.23. The van der Waals surface area contributed by atoms with Crippen LogP contribution < -0.4 is 0 Å². The number of nitrogens with zero attached hydrogens (tertiary/aromatic N) is 4. The van der Waals surface area contributed by atoms with Crippen LogP contribution in [0.5, 0.6) is 0 Å². The third kappa shape index (κ3) is 3.88. The zero-order valence-electron chi connectivity index (χ0n) is 17.7. The number of carbonyl (C=O) groups is 2. The molecule has 2 amide bonds. The second kappa shape index (κ2) is 8.59. The van der Waals surface area contributed by atoms with Crippen LogP contribution in [0.1, 0.15) is 38.5 Å². The van der Waals surface area contributed by atoms with E-state index in [2.05, 4.69) is 5.10 Å². The second-order valence-corrected chi connectivity index (χ2v) is 8.64. The maximum atomic E-state index is 14.4. The van der Waals surface area contributed by atoms with Crippen LogP contribution in [0.2, 0.25) is 5.02 Å². The SMILES string of the molecule is O=C(c1cc(Cl)ccc1F)N1CCN(C(=O)c2nn(-c3ccccc3F)c3c2CCC3)CC1. The molecule has 1 aliphatic heterocycles. The molecule has 0 unspecified atom stereocenters. The van der Waals surface area contributed by atoms with Gasteiger partial charge in [-0.2, -0.15) is 5.10 Å². The Morgan fingerprint density at radius 2 is 1.58 bits per heavy atom. The predicted octanol–water partition coefficient (Wildman–Crippen LogP) is 3.89. The smallest absolute Gasteiger partial charge is 0.274 e. The fourth-order valence-corrected chi connectivity index (χ4v) is 4.70. The highest BCUT2D eigenvalue weighted by molar-refractivity contribution is 6.31. The van der Waals surface area contributed by atoms with E-state index in [1.54, 1.807) is 27.8 Å². The molecule has 9 heteroatoms. The molecule has 0 atom stereocenters. The van der Waals surface area contributed by atoms with Crippen LogP contribution in [0.25, 0.3) is 5.69 Å². The van der Waals surface area contributed by atoms with E-state index >= 15 is 0 Å². The molecule has 1 saturated heterocycles. The molecular weight excluding hydrogens is 450 g/mol. The molecule has 1 aromatic heterocycles. The minimum atomic E-state index is -0.628. The van der Waals surface area contributed by atoms with Crippen molar-refractivity contribution in [1.29, 1.82) is 0 Å². The lowest BCUT2D eigenvalue weighted by Crippen LogP contribution is -2.51. The molecule has 170 valence electrons. The summed E-state index contributed by atoms with van der Waals surface area (Å²) in [4.78, 5) is 29.2. The number of fused-ring (bicyclic) bond motifs is 1. The molecule has 1 fully saturated rings. The third-order valence-corrected chi connectivity index (χ3v) is 6.46. The van der Waals surface area contributed by atoms with Crippen LogP contribution in [0, 0.1) is 11.6 Å². The van der Waals surface area contributed by atoms with Crippen molar-refractivity contribution in [2.24, 2.45) is 0 Å². The van der Waals surface area contributed by atoms with Crippen LogP contribution in [0.4, 0.5) is 8.78 Å². The minimum Gasteiger partial charge on any atom is -0.335 e. The maximum Gasteiger partial charge on any atom is 0.274 e. The molecular formula is C24H21ClF2N4O2. The Kier molecular flexibility index (Phi) is 5.62. The molecule has 5 rings (SSSR count). The fraction of sp³-hybridized carbons (Fsp3) is 0.292. The van der Waals surface area contributed by atoms with Crippen molar-refractivity contribution < 1.29 is 18.4 Å². The molecule has 33 heavy (non-hydrogen) atoms. The van der Waals surface area contributed by atoms with Gasteiger partial charge < -0.3 is 9.80 Å². The molecule has 0 spiro atoms. The second-order valence-electron chi connectivity index (χ2n) is 8.20. The fourth-order valence-electron chi connectivity index (χ4n) is 4.53. The summed E-state index contributed by atoms with van der Waals surface area (Å²) in [5, 5.41) is 4.79. The number of carbonyl (C=O) groups excluding carboxylic acids is 2. The first kappa shape index (κ1) is 21.6. The van der Waals surface area contributed by atoms with Crippen molar-refractivity contribution >= 4 is 23.4 Å². The number of rotatable bonds is 3. The number of hydrogen-bond acceptors (Lipinski definition) is 3. The molecule has 6 nitrogen and oxygen atoms in total. The number of halogens is 3. The number of piperazine rings is 1. The van der Waals surface area contributed by atoms with Crippen LogP contribution in [0.3, 0.4) is 0 Å². The van der Waals surface area contributed by atoms with Gasteiger partial charge in [-0.15, -0.1) is 0 Å². The van der Waals surface area contributed by atoms with Gasteiger partial charge in [0.25, 0.3) is 11.8 Å². The van der Waals surface area contributed by atoms with Gasteiger partial charge in [0.05, 0.1) is 5.56 Å². The summed E-state index contributed by atoms with van der Waals surface area (Å²) < 4.78 is 30.0. The Morgan fingerprint density at radius 1 is 0.879 bits per heavy atom. The number of para-hydroxylation sites is 1. The topological polar surface area (TPSA) is 58.4 Å². The molecule has 2 aliphatic rings. The Balaban J connectivity index is 1.34. The summed E-state index contributed by atoms with van der Waals surface area (Å²) in [7, 11) is 0. The Hall–Kier alpha value is -3.26. The van der Waals surface area contributed by atoms with E-state index in [4.69, 9.17) is 11.6 Å². The largest absolute Gasteiger partial charge is 0.335 e. The van der Waals surface area contributed by atoms with Gasteiger partial charge in [0.15, 0.2) is 5.69 Å². The minimum absolute atomic E-state index is 0.0799. The molecule has 3 aromatic rings. The summed E-state index contributed by atoms with van der Waals surface area (Å²) in [6.45, 7) is 1.14. The van der Waals surface area contributed by atoms with Crippen molar-refractivity contribution in [2.45, 2.75) is 19.3 Å². The number of amides is 2. The number of benzene rings is 2. The highest BCUT2D eigenvalue weighted by atomic mass is 35.5. The van der Waals surface area contributed by atoms with Crippen molar-refractivity contribution in [1.82, 2.24) is 19.6 Å². The molecule has 0 N–H and O–H groups in total. The summed E-state index contributed by atoms with van der Waals surface area (Å²) >= 11 is 5.91. The van der Waals surface area contributed by atoms with Gasteiger partial charge in [-0.25, -0.2) is 13.5 Å². The Labute approximate surface area is 194 Å². The van der Waals surface area contributed by atoms with E-state index in [0.29, 0.717) is 24.5 Å². The van der Waals surface area contributed by atoms with Crippen LogP contribution >= 0.6 is 11.6 Å². The zero-order chi connectivity index (χ0) is 23.1. The Morgan fingerprint density at radius 3 is 2.30 bits per heavy atom. The average molecular weight is 471 g/mol. The highest BCUT2D eigenvalue weighted by Gasteiger charge is 2.32. The van der Waals surface area contributed by atoms with Gasteiger partial charge >= 0.3 is 0 Å². The lowest BCUT2D eigenvalue weighted by Gasteiger charge is -2.34. The number of hydrogen-bond donors (Lipinski definition) is 0. The van der Waals surface area contributed by atoms with Gasteiger partial charge in [-0.1, -0.05) is 23.7 Å². The van der Waals surface area contributed by atoms with Gasteiger partial charge in [0.1, 0.15) is 17.3 Å². The monoisotopic (exact) mass is 470 g/mol. The van der Waals surface area contributed by atoms with Crippen molar-refractivity contribution in [3.8, 4) is 5.69 Å². The van der Waals surface area contributed by atoms with E-state index in [9.17, 15) is 18.4 Å². The molecule has 0 saturated carbocycles. The quantitative estimate of drug-likeness (QED) is 0.583. The van der Waals surface area contributed by atoms with E-state index in [1.807, 2.05) is 0 Å². The van der Waals surface area contributed by atoms with Crippen LogP contribution in [-0.4, -0.2) is 57.6 Å². The maximum absolute atomic E-state index is 14.4. The first-order valence-corrected chi connectivity index (χ1v) is 11.2. The molecule has 1 aliphatic carbocycles. The van der Waals surface area contributed by atoms with Gasteiger partial charge in [0.2, 0.25) is 0 Å². The summed E-state index contributed by atoms with van der Waals surface area (Å²) in [5.74, 6) is -1.71. The first-order chi connectivity index (χ1) is 15.9. The van der Waals surface area contributed by atoms with Crippen molar-refractivity contribution in [2.75, 3.05) is 26.2 Å². The summed E-state index contributed by atoms with van der Waals surface area (Å²) in [5.41, 5.74) is 2.32. The average Bonchev–Trinajstić information content (AvgIpc) is 3.43. The molecule has 2 heterocycles. The standard InChI is InChI=1S/C24H21ClF2N4O2/c25-15-8-9-18(26)17(14-15)23(32)29-10-12-30(13-11-29)24(33)22-16-4-3-7-20(16)31(28-22)21-6-2-1-5-19(21)27/h1-2,5-6,8-9,14H,3-4,7,10-13H2. The zero-order valence-corrected chi connectivity index (χ0v) is 18.5. The highest BCUT2D eigenvalue weighted by Crippen LogP contribution is 2.29. The van der Waals surface area contributed by atoms with Crippen molar-refractivity contribution in [3.05, 3.63) is 81.6 Å². The Bertz CT molecular complexity index is 1250. The number of aromatic nitrogens is 2. The van der Waals surface area contributed by atoms with E-state index in [0.717, 1.165) is 30.5 Å².